The predicted molar refractivity (Wildman–Crippen MR) is 117 cm³/mol. The highest BCUT2D eigenvalue weighted by molar-refractivity contribution is 5.89. The fraction of sp³-hybridized carbons (Fsp3) is 0.130. The Bertz CT molecular complexity index is 1390. The molecule has 12 heteroatoms. The maximum atomic E-state index is 13.4. The Labute approximate surface area is 195 Å². The summed E-state index contributed by atoms with van der Waals surface area (Å²) < 4.78 is 56.4. The number of imidazole rings is 1. The summed E-state index contributed by atoms with van der Waals surface area (Å²) in [5.74, 6) is -2.33. The summed E-state index contributed by atoms with van der Waals surface area (Å²) in [6.07, 6.45) is -2.14. The zero-order valence-electron chi connectivity index (χ0n) is 18.1. The van der Waals surface area contributed by atoms with Crippen LogP contribution in [0.5, 0.6) is 11.5 Å². The van der Waals surface area contributed by atoms with Crippen LogP contribution in [-0.2, 0) is 17.5 Å². The number of hydrogen-bond donors (Lipinski definition) is 1. The van der Waals surface area contributed by atoms with E-state index in [0.29, 0.717) is 5.56 Å². The number of ether oxygens (including phenoxy) is 2. The van der Waals surface area contributed by atoms with Gasteiger partial charge in [-0.05, 0) is 48.0 Å². The number of rotatable bonds is 7. The summed E-state index contributed by atoms with van der Waals surface area (Å²) in [5.41, 5.74) is 2.94. The van der Waals surface area contributed by atoms with Gasteiger partial charge in [0.05, 0.1) is 30.6 Å². The third kappa shape index (κ3) is 5.32. The molecule has 1 N–H and O–H groups in total. The number of amides is 1. The molecule has 35 heavy (non-hydrogen) atoms. The number of esters is 1. The molecule has 2 aromatic carbocycles. The van der Waals surface area contributed by atoms with Crippen molar-refractivity contribution in [3.63, 3.8) is 0 Å². The maximum Gasteiger partial charge on any atom is 0.449 e. The van der Waals surface area contributed by atoms with E-state index in [1.807, 2.05) is 0 Å². The molecule has 0 fully saturated rings. The molecule has 0 spiro atoms. The van der Waals surface area contributed by atoms with Gasteiger partial charge in [0.25, 0.3) is 5.91 Å². The number of fused-ring (bicyclic) bond motifs is 1. The molecule has 0 saturated carbocycles. The van der Waals surface area contributed by atoms with E-state index in [0.717, 1.165) is 4.57 Å². The van der Waals surface area contributed by atoms with Crippen molar-refractivity contribution in [3.8, 4) is 11.5 Å². The number of para-hydroxylation sites is 2. The number of hydrazone groups is 1. The number of nitrogens with zero attached hydrogens (tertiary/aromatic N) is 3. The molecule has 1 amide bonds. The molecule has 0 bridgehead atoms. The molecule has 0 unspecified atom stereocenters. The summed E-state index contributed by atoms with van der Waals surface area (Å²) in [6, 6.07) is 13.5. The minimum absolute atomic E-state index is 0.0137. The Morgan fingerprint density at radius 1 is 1.14 bits per heavy atom. The quantitative estimate of drug-likeness (QED) is 0.183. The molecular formula is C23H17F3N4O5. The van der Waals surface area contributed by atoms with Gasteiger partial charge in [-0.3, -0.25) is 4.79 Å². The van der Waals surface area contributed by atoms with Gasteiger partial charge in [-0.25, -0.2) is 15.2 Å². The van der Waals surface area contributed by atoms with Crippen molar-refractivity contribution in [3.05, 3.63) is 78.0 Å². The van der Waals surface area contributed by atoms with Crippen LogP contribution in [0.2, 0.25) is 0 Å². The van der Waals surface area contributed by atoms with Crippen LogP contribution in [0.3, 0.4) is 0 Å². The van der Waals surface area contributed by atoms with Crippen molar-refractivity contribution < 1.29 is 36.7 Å². The topological polar surface area (TPSA) is 108 Å². The number of alkyl halides is 3. The Hall–Kier alpha value is -4.61. The van der Waals surface area contributed by atoms with Crippen molar-refractivity contribution >= 4 is 29.1 Å². The Morgan fingerprint density at radius 2 is 1.94 bits per heavy atom. The van der Waals surface area contributed by atoms with Gasteiger partial charge in [0.15, 0.2) is 11.5 Å². The molecule has 0 atom stereocenters. The highest BCUT2D eigenvalue weighted by Crippen LogP contribution is 2.31. The SMILES string of the molecule is COc1cc(C=NNC(=O)Cn2c(C(F)(F)F)nc3ccccc32)ccc1OC(=O)c1ccco1. The van der Waals surface area contributed by atoms with Crippen LogP contribution in [0.15, 0.2) is 70.4 Å². The average Bonchev–Trinajstić information content (AvgIpc) is 3.49. The first-order chi connectivity index (χ1) is 16.8. The lowest BCUT2D eigenvalue weighted by Crippen LogP contribution is -2.26. The normalized spacial score (nSPS) is 11.7. The van der Waals surface area contributed by atoms with Gasteiger partial charge in [0, 0.05) is 0 Å². The molecule has 180 valence electrons. The van der Waals surface area contributed by atoms with Crippen molar-refractivity contribution in [2.45, 2.75) is 12.7 Å². The van der Waals surface area contributed by atoms with Crippen molar-refractivity contribution in [1.82, 2.24) is 15.0 Å². The minimum atomic E-state index is -4.73. The monoisotopic (exact) mass is 486 g/mol. The van der Waals surface area contributed by atoms with Gasteiger partial charge in [0.1, 0.15) is 6.54 Å². The van der Waals surface area contributed by atoms with Crippen LogP contribution < -0.4 is 14.9 Å². The second-order valence-electron chi connectivity index (χ2n) is 7.08. The number of carbonyl (C=O) groups excluding carboxylic acids is 2. The van der Waals surface area contributed by atoms with Crippen LogP contribution in [0.25, 0.3) is 11.0 Å². The molecule has 0 aliphatic rings. The summed E-state index contributed by atoms with van der Waals surface area (Å²) in [5, 5.41) is 3.78. The standard InChI is InChI=1S/C23H17F3N4O5/c1-33-19-11-14(8-9-17(19)35-21(32)18-7-4-10-34-18)12-27-29-20(31)13-30-16-6-3-2-5-15(16)28-22(30)23(24,25)26/h2-12H,13H2,1H3,(H,29,31). The first-order valence-corrected chi connectivity index (χ1v) is 10.0. The first kappa shape index (κ1) is 23.5. The Kier molecular flexibility index (Phi) is 6.53. The lowest BCUT2D eigenvalue weighted by molar-refractivity contribution is -0.147. The Morgan fingerprint density at radius 3 is 2.66 bits per heavy atom. The van der Waals surface area contributed by atoms with Gasteiger partial charge in [0.2, 0.25) is 11.6 Å². The summed E-state index contributed by atoms with van der Waals surface area (Å²) >= 11 is 0. The predicted octanol–water partition coefficient (Wildman–Crippen LogP) is 4.03. The summed E-state index contributed by atoms with van der Waals surface area (Å²) in [6.45, 7) is -0.641. The van der Waals surface area contributed by atoms with Gasteiger partial charge in [-0.15, -0.1) is 0 Å². The molecule has 9 nitrogen and oxygen atoms in total. The zero-order valence-corrected chi connectivity index (χ0v) is 18.1. The van der Waals surface area contributed by atoms with Crippen LogP contribution in [0, 0.1) is 0 Å². The largest absolute Gasteiger partial charge is 0.493 e. The van der Waals surface area contributed by atoms with E-state index in [1.165, 1.54) is 56.0 Å². The van der Waals surface area contributed by atoms with Crippen LogP contribution >= 0.6 is 0 Å². The highest BCUT2D eigenvalue weighted by Gasteiger charge is 2.38. The maximum absolute atomic E-state index is 13.4. The van der Waals surface area contributed by atoms with E-state index < -0.39 is 30.4 Å². The molecule has 4 aromatic rings. The van der Waals surface area contributed by atoms with Crippen LogP contribution in [-0.4, -0.2) is 34.8 Å². The average molecular weight is 486 g/mol. The van der Waals surface area contributed by atoms with Crippen LogP contribution in [0.4, 0.5) is 13.2 Å². The smallest absolute Gasteiger partial charge is 0.449 e. The van der Waals surface area contributed by atoms with E-state index in [2.05, 4.69) is 15.5 Å². The van der Waals surface area contributed by atoms with Gasteiger partial charge < -0.3 is 18.5 Å². The van der Waals surface area contributed by atoms with Crippen molar-refractivity contribution in [1.29, 1.82) is 0 Å². The number of halogens is 3. The molecule has 0 aliphatic heterocycles. The lowest BCUT2D eigenvalue weighted by atomic mass is 10.2. The number of furan rings is 1. The summed E-state index contributed by atoms with van der Waals surface area (Å²) in [4.78, 5) is 27.9. The molecule has 4 rings (SSSR count). The fourth-order valence-corrected chi connectivity index (χ4v) is 3.20. The number of carbonyl (C=O) groups is 2. The van der Waals surface area contributed by atoms with Gasteiger partial charge in [-0.2, -0.15) is 18.3 Å². The molecule has 0 aliphatic carbocycles. The van der Waals surface area contributed by atoms with Crippen molar-refractivity contribution in [2.75, 3.05) is 7.11 Å². The van der Waals surface area contributed by atoms with Crippen molar-refractivity contribution in [2.24, 2.45) is 5.10 Å². The van der Waals surface area contributed by atoms with E-state index in [1.54, 1.807) is 18.2 Å². The molecule has 2 heterocycles. The second-order valence-corrected chi connectivity index (χ2v) is 7.08. The number of methoxy groups -OCH3 is 1. The van der Waals surface area contributed by atoms with E-state index in [9.17, 15) is 22.8 Å². The fourth-order valence-electron chi connectivity index (χ4n) is 3.20. The van der Waals surface area contributed by atoms with Gasteiger partial charge in [-0.1, -0.05) is 12.1 Å². The number of aromatic nitrogens is 2. The number of nitrogens with one attached hydrogen (secondary N) is 1. The van der Waals surface area contributed by atoms with E-state index in [4.69, 9.17) is 13.9 Å². The minimum Gasteiger partial charge on any atom is -0.493 e. The van der Waals surface area contributed by atoms with E-state index in [-0.39, 0.29) is 28.3 Å². The Balaban J connectivity index is 1.44. The molecule has 0 radical (unpaired) electrons. The second kappa shape index (κ2) is 9.71. The lowest BCUT2D eigenvalue weighted by Gasteiger charge is -2.10. The number of benzene rings is 2. The third-order valence-corrected chi connectivity index (χ3v) is 4.73. The van der Waals surface area contributed by atoms with E-state index >= 15 is 0 Å². The zero-order chi connectivity index (χ0) is 25.0. The summed E-state index contributed by atoms with van der Waals surface area (Å²) in [7, 11) is 1.37. The molecular weight excluding hydrogens is 469 g/mol. The van der Waals surface area contributed by atoms with Gasteiger partial charge >= 0.3 is 12.1 Å². The first-order valence-electron chi connectivity index (χ1n) is 10.0. The molecule has 2 aromatic heterocycles. The third-order valence-electron chi connectivity index (χ3n) is 4.73. The highest BCUT2D eigenvalue weighted by atomic mass is 19.4. The molecule has 0 saturated heterocycles. The van der Waals surface area contributed by atoms with Crippen LogP contribution in [0.1, 0.15) is 21.9 Å². The number of hydrogen-bond acceptors (Lipinski definition) is 7.